The van der Waals surface area contributed by atoms with Crippen LogP contribution in [0.5, 0.6) is 5.75 Å². The molecule has 3 aromatic heterocycles. The van der Waals surface area contributed by atoms with Crippen LogP contribution in [0.4, 0.5) is 0 Å². The summed E-state index contributed by atoms with van der Waals surface area (Å²) in [6.45, 7) is 2.21. The summed E-state index contributed by atoms with van der Waals surface area (Å²) >= 11 is 7.70. The molecule has 1 atom stereocenters. The first-order valence-electron chi connectivity index (χ1n) is 8.51. The molecule has 0 radical (unpaired) electrons. The van der Waals surface area contributed by atoms with E-state index in [1.807, 2.05) is 4.40 Å². The van der Waals surface area contributed by atoms with Gasteiger partial charge in [-0.3, -0.25) is 9.50 Å². The number of hydrogen-bond acceptors (Lipinski definition) is 6. The number of nitrogens with one attached hydrogen (secondary N) is 1. The number of imidazole rings is 1. The number of aromatic hydroxyl groups is 1. The molecule has 4 aromatic rings. The van der Waals surface area contributed by atoms with Crippen LogP contribution in [0, 0.1) is 0 Å². The average Bonchev–Trinajstić information content (AvgIpc) is 3.06. The van der Waals surface area contributed by atoms with Crippen LogP contribution in [0.3, 0.4) is 0 Å². The summed E-state index contributed by atoms with van der Waals surface area (Å²) < 4.78 is 1.93. The molecule has 3 heterocycles. The first-order chi connectivity index (χ1) is 13.0. The van der Waals surface area contributed by atoms with Crippen molar-refractivity contribution in [3.63, 3.8) is 0 Å². The molecule has 1 aliphatic rings. The lowest BCUT2D eigenvalue weighted by Crippen LogP contribution is -2.11. The molecule has 1 saturated carbocycles. The molecule has 0 spiro atoms. The molecule has 3 N–H and O–H groups in total. The number of thiazole rings is 1. The molecular weight excluding hydrogens is 386 g/mol. The number of H-pyrrole nitrogens is 1. The number of aliphatic hydroxyl groups excluding tert-OH is 1. The predicted molar refractivity (Wildman–Crippen MR) is 102 cm³/mol. The Labute approximate surface area is 163 Å². The van der Waals surface area contributed by atoms with Gasteiger partial charge in [0.1, 0.15) is 28.7 Å². The minimum absolute atomic E-state index is 0.00288. The minimum atomic E-state index is -0.971. The van der Waals surface area contributed by atoms with E-state index in [-0.39, 0.29) is 16.2 Å². The fourth-order valence-electron chi connectivity index (χ4n) is 3.34. The number of rotatable bonds is 4. The summed E-state index contributed by atoms with van der Waals surface area (Å²) in [6, 6.07) is 4.83. The van der Waals surface area contributed by atoms with Crippen molar-refractivity contribution in [2.24, 2.45) is 0 Å². The number of nitrogens with zero attached hydrogens (tertiary/aromatic N) is 4. The highest BCUT2D eigenvalue weighted by Crippen LogP contribution is 2.53. The molecule has 0 saturated heterocycles. The third kappa shape index (κ3) is 2.55. The fraction of sp³-hybridized carbons (Fsp3) is 0.278. The van der Waals surface area contributed by atoms with Crippen molar-refractivity contribution >= 4 is 27.8 Å². The van der Waals surface area contributed by atoms with Crippen LogP contribution < -0.4 is 0 Å². The van der Waals surface area contributed by atoms with Crippen LogP contribution in [-0.2, 0) is 5.41 Å². The Morgan fingerprint density at radius 1 is 1.37 bits per heavy atom. The number of fused-ring (bicyclic) bond motifs is 1. The van der Waals surface area contributed by atoms with E-state index in [2.05, 4.69) is 27.3 Å². The topological polar surface area (TPSA) is 99.3 Å². The minimum Gasteiger partial charge on any atom is -0.506 e. The number of phenols is 1. The van der Waals surface area contributed by atoms with E-state index in [1.165, 1.54) is 6.07 Å². The lowest BCUT2D eigenvalue weighted by Gasteiger charge is -2.15. The first-order valence-corrected chi connectivity index (χ1v) is 9.70. The van der Waals surface area contributed by atoms with Gasteiger partial charge >= 0.3 is 0 Å². The largest absolute Gasteiger partial charge is 0.506 e. The first kappa shape index (κ1) is 16.7. The number of aliphatic hydroxyl groups is 1. The molecule has 1 aliphatic carbocycles. The van der Waals surface area contributed by atoms with Gasteiger partial charge in [0, 0.05) is 15.9 Å². The van der Waals surface area contributed by atoms with E-state index in [0.29, 0.717) is 17.0 Å². The maximum absolute atomic E-state index is 11.3. The Balaban J connectivity index is 1.65. The van der Waals surface area contributed by atoms with Gasteiger partial charge in [0.05, 0.1) is 22.6 Å². The Bertz CT molecular complexity index is 1160. The van der Waals surface area contributed by atoms with Gasteiger partial charge in [-0.15, -0.1) is 16.4 Å². The van der Waals surface area contributed by atoms with Crippen LogP contribution in [0.2, 0.25) is 5.02 Å². The van der Waals surface area contributed by atoms with Crippen LogP contribution in [0.15, 0.2) is 30.7 Å². The summed E-state index contributed by atoms with van der Waals surface area (Å²) in [5.74, 6) is -0.00288. The van der Waals surface area contributed by atoms with E-state index in [0.717, 1.165) is 28.2 Å². The molecule has 0 aliphatic heterocycles. The Hall–Kier alpha value is -2.42. The van der Waals surface area contributed by atoms with Gasteiger partial charge in [-0.05, 0) is 31.0 Å². The molecule has 1 unspecified atom stereocenters. The quantitative estimate of drug-likeness (QED) is 0.484. The van der Waals surface area contributed by atoms with E-state index >= 15 is 0 Å². The Morgan fingerprint density at radius 2 is 2.19 bits per heavy atom. The average molecular weight is 402 g/mol. The molecule has 5 rings (SSSR count). The zero-order valence-electron chi connectivity index (χ0n) is 14.3. The van der Waals surface area contributed by atoms with E-state index in [9.17, 15) is 10.2 Å². The highest BCUT2D eigenvalue weighted by molar-refractivity contribution is 7.17. The van der Waals surface area contributed by atoms with Gasteiger partial charge in [0.25, 0.3) is 0 Å². The second-order valence-corrected chi connectivity index (χ2v) is 8.56. The summed E-state index contributed by atoms with van der Waals surface area (Å²) in [7, 11) is 0. The zero-order valence-corrected chi connectivity index (χ0v) is 15.9. The number of benzene rings is 1. The maximum Gasteiger partial charge on any atom is 0.141 e. The van der Waals surface area contributed by atoms with Crippen molar-refractivity contribution in [1.29, 1.82) is 0 Å². The Kier molecular flexibility index (Phi) is 3.59. The van der Waals surface area contributed by atoms with Gasteiger partial charge in [-0.25, -0.2) is 4.98 Å². The molecule has 138 valence electrons. The van der Waals surface area contributed by atoms with Crippen LogP contribution in [-0.4, -0.2) is 35.0 Å². The fourth-order valence-corrected chi connectivity index (χ4v) is 4.85. The number of aromatic amines is 1. The van der Waals surface area contributed by atoms with E-state index in [1.54, 1.807) is 36.0 Å². The molecule has 0 bridgehead atoms. The SMILES string of the molecule is CC1(c2sc3cncn3c2C(O)c2nn[nH]c2-c2ccc(O)c(Cl)c2)CC1. The standard InChI is InChI=1S/C18H16ClN5O2S/c1-18(4-5-18)17-15(24-8-20-7-12(24)27-17)16(26)14-13(21-23-22-14)9-2-3-11(25)10(19)6-9/h2-3,6-8,16,25-26H,4-5H2,1H3,(H,21,22,23). The Morgan fingerprint density at radius 3 is 2.93 bits per heavy atom. The molecule has 27 heavy (non-hydrogen) atoms. The second-order valence-electron chi connectivity index (χ2n) is 7.12. The summed E-state index contributed by atoms with van der Waals surface area (Å²) in [5.41, 5.74) is 2.54. The molecular formula is C18H16ClN5O2S. The van der Waals surface area contributed by atoms with Crippen LogP contribution in [0.25, 0.3) is 16.1 Å². The molecule has 1 aromatic carbocycles. The normalized spacial score (nSPS) is 16.7. The van der Waals surface area contributed by atoms with Crippen molar-refractivity contribution in [3.05, 3.63) is 52.0 Å². The predicted octanol–water partition coefficient (Wildman–Crippen LogP) is 3.67. The number of halogens is 1. The number of aromatic nitrogens is 5. The second kappa shape index (κ2) is 5.79. The number of phenolic OH excluding ortho intramolecular Hbond substituents is 1. The summed E-state index contributed by atoms with van der Waals surface area (Å²) in [5, 5.41) is 32.1. The lowest BCUT2D eigenvalue weighted by atomic mass is 9.99. The van der Waals surface area contributed by atoms with E-state index < -0.39 is 6.10 Å². The molecule has 1 fully saturated rings. The van der Waals surface area contributed by atoms with Crippen molar-refractivity contribution in [2.45, 2.75) is 31.3 Å². The molecule has 7 nitrogen and oxygen atoms in total. The van der Waals surface area contributed by atoms with Crippen LogP contribution in [0.1, 0.15) is 42.1 Å². The zero-order chi connectivity index (χ0) is 18.8. The highest BCUT2D eigenvalue weighted by atomic mass is 35.5. The lowest BCUT2D eigenvalue weighted by molar-refractivity contribution is 0.208. The third-order valence-electron chi connectivity index (χ3n) is 5.18. The third-order valence-corrected chi connectivity index (χ3v) is 6.90. The summed E-state index contributed by atoms with van der Waals surface area (Å²) in [4.78, 5) is 6.35. The van der Waals surface area contributed by atoms with Gasteiger partial charge < -0.3 is 10.2 Å². The van der Waals surface area contributed by atoms with Gasteiger partial charge in [-0.1, -0.05) is 23.7 Å². The number of hydrogen-bond donors (Lipinski definition) is 3. The summed E-state index contributed by atoms with van der Waals surface area (Å²) in [6.07, 6.45) is 4.75. The van der Waals surface area contributed by atoms with E-state index in [4.69, 9.17) is 11.6 Å². The molecule has 9 heteroatoms. The smallest absolute Gasteiger partial charge is 0.141 e. The van der Waals surface area contributed by atoms with Crippen molar-refractivity contribution in [1.82, 2.24) is 24.8 Å². The van der Waals surface area contributed by atoms with Gasteiger partial charge in [0.2, 0.25) is 0 Å². The van der Waals surface area contributed by atoms with Crippen molar-refractivity contribution in [2.75, 3.05) is 0 Å². The van der Waals surface area contributed by atoms with Crippen molar-refractivity contribution < 1.29 is 10.2 Å². The van der Waals surface area contributed by atoms with Crippen LogP contribution >= 0.6 is 22.9 Å². The monoisotopic (exact) mass is 401 g/mol. The molecule has 0 amide bonds. The maximum atomic E-state index is 11.3. The van der Waals surface area contributed by atoms with Crippen molar-refractivity contribution in [3.8, 4) is 17.0 Å². The highest BCUT2D eigenvalue weighted by Gasteiger charge is 2.44. The van der Waals surface area contributed by atoms with Gasteiger partial charge in [0.15, 0.2) is 0 Å². The van der Waals surface area contributed by atoms with Gasteiger partial charge in [-0.2, -0.15) is 0 Å².